The molecule has 20 heavy (non-hydrogen) atoms. The van der Waals surface area contributed by atoms with E-state index in [-0.39, 0.29) is 5.92 Å². The monoisotopic (exact) mass is 306 g/mol. The van der Waals surface area contributed by atoms with E-state index in [9.17, 15) is 22.0 Å². The number of halogens is 2. The largest absolute Gasteiger partial charge is 0.341 e. The number of anilines is 1. The van der Waals surface area contributed by atoms with Crippen molar-refractivity contribution < 1.29 is 22.0 Å². The first kappa shape index (κ1) is 16.5. The molecule has 1 aromatic rings. The van der Waals surface area contributed by atoms with Crippen molar-refractivity contribution in [2.45, 2.75) is 30.5 Å². The van der Waals surface area contributed by atoms with E-state index in [4.69, 9.17) is 5.73 Å². The van der Waals surface area contributed by atoms with Crippen LogP contribution >= 0.6 is 0 Å². The Bertz CT molecular complexity index is 571. The van der Waals surface area contributed by atoms with Gasteiger partial charge in [-0.15, -0.1) is 0 Å². The number of carbonyl (C=O) groups excluding carboxylic acids is 1. The maximum absolute atomic E-state index is 12.3. The first-order valence-corrected chi connectivity index (χ1v) is 7.39. The van der Waals surface area contributed by atoms with E-state index in [0.717, 1.165) is 12.1 Å². The highest BCUT2D eigenvalue weighted by Crippen LogP contribution is 2.20. The Balaban J connectivity index is 2.86. The zero-order chi connectivity index (χ0) is 15.5. The second-order valence-corrected chi connectivity index (χ2v) is 6.51. The average Bonchev–Trinajstić information content (AvgIpc) is 2.38. The average molecular weight is 306 g/mol. The second-order valence-electron chi connectivity index (χ2n) is 4.59. The predicted octanol–water partition coefficient (Wildman–Crippen LogP) is 1.60. The van der Waals surface area contributed by atoms with Gasteiger partial charge in [-0.1, -0.05) is 13.8 Å². The third kappa shape index (κ3) is 3.73. The minimum absolute atomic E-state index is 0.0616. The van der Waals surface area contributed by atoms with Gasteiger partial charge in [-0.3, -0.25) is 4.79 Å². The molecule has 0 aromatic heterocycles. The maximum atomic E-state index is 12.3. The lowest BCUT2D eigenvalue weighted by Crippen LogP contribution is -2.39. The minimum Gasteiger partial charge on any atom is -0.325 e. The van der Waals surface area contributed by atoms with Crippen molar-refractivity contribution in [1.29, 1.82) is 0 Å². The molecule has 1 rings (SSSR count). The first-order chi connectivity index (χ1) is 9.16. The molecule has 0 saturated carbocycles. The Kier molecular flexibility index (Phi) is 5.18. The summed E-state index contributed by atoms with van der Waals surface area (Å²) in [5, 5.41) is 2.48. The number of carbonyl (C=O) groups is 1. The summed E-state index contributed by atoms with van der Waals surface area (Å²) in [5.74, 6) is -3.96. The van der Waals surface area contributed by atoms with Gasteiger partial charge in [0.1, 0.15) is 0 Å². The number of hydrogen-bond donors (Lipinski definition) is 2. The molecule has 0 aliphatic heterocycles. The Hall–Kier alpha value is -1.54. The Morgan fingerprint density at radius 1 is 1.20 bits per heavy atom. The number of nitrogens with one attached hydrogen (secondary N) is 1. The van der Waals surface area contributed by atoms with E-state index in [2.05, 4.69) is 5.32 Å². The van der Waals surface area contributed by atoms with Gasteiger partial charge in [-0.25, -0.2) is 8.42 Å². The fourth-order valence-electron chi connectivity index (χ4n) is 1.36. The van der Waals surface area contributed by atoms with Crippen LogP contribution < -0.4 is 11.1 Å². The Labute approximate surface area is 116 Å². The van der Waals surface area contributed by atoms with Crippen LogP contribution in [0.1, 0.15) is 13.8 Å². The number of benzene rings is 1. The van der Waals surface area contributed by atoms with E-state index < -0.39 is 32.4 Å². The standard InChI is InChI=1S/C12H16F2N2O3S/c1-7(2)10(15)11(17)16-8-3-5-9(6-4-8)20(18,19)12(13)14/h3-7,10,12H,15H2,1-2H3,(H,16,17). The van der Waals surface area contributed by atoms with Gasteiger partial charge in [0.15, 0.2) is 0 Å². The van der Waals surface area contributed by atoms with Crippen LogP contribution in [0.3, 0.4) is 0 Å². The van der Waals surface area contributed by atoms with Crippen molar-refractivity contribution in [3.05, 3.63) is 24.3 Å². The smallest absolute Gasteiger partial charge is 0.325 e. The van der Waals surface area contributed by atoms with Gasteiger partial charge in [0.05, 0.1) is 10.9 Å². The van der Waals surface area contributed by atoms with Crippen molar-refractivity contribution in [1.82, 2.24) is 0 Å². The summed E-state index contributed by atoms with van der Waals surface area (Å²) >= 11 is 0. The van der Waals surface area contributed by atoms with Gasteiger partial charge in [0, 0.05) is 5.69 Å². The highest BCUT2D eigenvalue weighted by atomic mass is 32.2. The topological polar surface area (TPSA) is 89.3 Å². The molecule has 1 amide bonds. The summed E-state index contributed by atoms with van der Waals surface area (Å²) in [6.45, 7) is 3.56. The zero-order valence-electron chi connectivity index (χ0n) is 11.0. The summed E-state index contributed by atoms with van der Waals surface area (Å²) in [6, 6.07) is 3.79. The number of alkyl halides is 2. The van der Waals surface area contributed by atoms with Crippen LogP contribution in [-0.2, 0) is 14.6 Å². The van der Waals surface area contributed by atoms with Crippen LogP contribution in [0.25, 0.3) is 0 Å². The number of sulfone groups is 1. The number of amides is 1. The van der Waals surface area contributed by atoms with Gasteiger partial charge in [0.25, 0.3) is 0 Å². The molecule has 5 nitrogen and oxygen atoms in total. The number of rotatable bonds is 5. The molecule has 0 radical (unpaired) electrons. The van der Waals surface area contributed by atoms with Gasteiger partial charge in [-0.2, -0.15) is 8.78 Å². The molecular formula is C12H16F2N2O3S. The molecule has 0 aliphatic carbocycles. The van der Waals surface area contributed by atoms with Crippen molar-refractivity contribution in [3.63, 3.8) is 0 Å². The van der Waals surface area contributed by atoms with Crippen molar-refractivity contribution in [2.75, 3.05) is 5.32 Å². The number of nitrogens with two attached hydrogens (primary N) is 1. The van der Waals surface area contributed by atoms with Crippen LogP contribution in [-0.4, -0.2) is 26.1 Å². The molecule has 0 saturated heterocycles. The van der Waals surface area contributed by atoms with Gasteiger partial charge < -0.3 is 11.1 Å². The third-order valence-corrected chi connectivity index (χ3v) is 4.10. The lowest BCUT2D eigenvalue weighted by atomic mass is 10.1. The molecule has 3 N–H and O–H groups in total. The lowest BCUT2D eigenvalue weighted by molar-refractivity contribution is -0.118. The zero-order valence-corrected chi connectivity index (χ0v) is 11.8. The van der Waals surface area contributed by atoms with E-state index in [1.54, 1.807) is 13.8 Å². The van der Waals surface area contributed by atoms with Crippen molar-refractivity contribution in [3.8, 4) is 0 Å². The van der Waals surface area contributed by atoms with E-state index in [1.165, 1.54) is 12.1 Å². The normalized spacial score (nSPS) is 13.6. The predicted molar refractivity (Wildman–Crippen MR) is 71.1 cm³/mol. The van der Waals surface area contributed by atoms with Crippen LogP contribution in [0.2, 0.25) is 0 Å². The summed E-state index contributed by atoms with van der Waals surface area (Å²) in [6.07, 6.45) is 0. The second kappa shape index (κ2) is 6.27. The highest BCUT2D eigenvalue weighted by Gasteiger charge is 2.26. The van der Waals surface area contributed by atoms with Gasteiger partial charge in [0.2, 0.25) is 15.7 Å². The maximum Gasteiger partial charge on any atom is 0.341 e. The summed E-state index contributed by atoms with van der Waals surface area (Å²) in [4.78, 5) is 11.2. The molecule has 0 aliphatic rings. The molecule has 0 bridgehead atoms. The van der Waals surface area contributed by atoms with Crippen LogP contribution in [0.5, 0.6) is 0 Å². The van der Waals surface area contributed by atoms with E-state index in [0.29, 0.717) is 5.69 Å². The molecule has 1 aromatic carbocycles. The van der Waals surface area contributed by atoms with Crippen LogP contribution in [0.15, 0.2) is 29.2 Å². The molecule has 8 heteroatoms. The fraction of sp³-hybridized carbons (Fsp3) is 0.417. The van der Waals surface area contributed by atoms with E-state index in [1.807, 2.05) is 0 Å². The summed E-state index contributed by atoms with van der Waals surface area (Å²) in [5.41, 5.74) is 5.93. The van der Waals surface area contributed by atoms with Gasteiger partial charge in [-0.05, 0) is 30.2 Å². The lowest BCUT2D eigenvalue weighted by Gasteiger charge is -2.15. The van der Waals surface area contributed by atoms with E-state index >= 15 is 0 Å². The molecule has 0 heterocycles. The molecule has 112 valence electrons. The van der Waals surface area contributed by atoms with Crippen LogP contribution in [0.4, 0.5) is 14.5 Å². The molecule has 0 spiro atoms. The highest BCUT2D eigenvalue weighted by molar-refractivity contribution is 7.91. The SMILES string of the molecule is CC(C)C(N)C(=O)Nc1ccc(S(=O)(=O)C(F)F)cc1. The summed E-state index contributed by atoms with van der Waals surface area (Å²) in [7, 11) is -4.62. The van der Waals surface area contributed by atoms with Crippen molar-refractivity contribution >= 4 is 21.4 Å². The molecular weight excluding hydrogens is 290 g/mol. The minimum atomic E-state index is -4.62. The van der Waals surface area contributed by atoms with Crippen molar-refractivity contribution in [2.24, 2.45) is 11.7 Å². The Morgan fingerprint density at radius 2 is 1.70 bits per heavy atom. The van der Waals surface area contributed by atoms with Gasteiger partial charge >= 0.3 is 5.76 Å². The van der Waals surface area contributed by atoms with Crippen LogP contribution in [0, 0.1) is 5.92 Å². The molecule has 1 atom stereocenters. The fourth-order valence-corrected chi connectivity index (χ4v) is 2.08. The molecule has 1 unspecified atom stereocenters. The molecule has 0 fully saturated rings. The first-order valence-electron chi connectivity index (χ1n) is 5.85. The Morgan fingerprint density at radius 3 is 2.10 bits per heavy atom. The quantitative estimate of drug-likeness (QED) is 0.865. The third-order valence-electron chi connectivity index (χ3n) is 2.71. The summed E-state index contributed by atoms with van der Waals surface area (Å²) < 4.78 is 47.1. The number of hydrogen-bond acceptors (Lipinski definition) is 4.